The van der Waals surface area contributed by atoms with Gasteiger partial charge in [0.25, 0.3) is 0 Å². The maximum absolute atomic E-state index is 8.60. The third kappa shape index (κ3) is 2.00. The van der Waals surface area contributed by atoms with Gasteiger partial charge < -0.3 is 9.84 Å². The smallest absolute Gasteiger partial charge is 0.148 e. The van der Waals surface area contributed by atoms with Crippen LogP contribution in [-0.2, 0) is 0 Å². The maximum Gasteiger partial charge on any atom is 0.148 e. The summed E-state index contributed by atoms with van der Waals surface area (Å²) in [5.74, 6) is 0.753. The Kier molecular flexibility index (Phi) is 2.90. The van der Waals surface area contributed by atoms with Crippen molar-refractivity contribution in [2.45, 2.75) is 4.34 Å². The number of fused-ring (bicyclic) bond motifs is 1. The van der Waals surface area contributed by atoms with Crippen molar-refractivity contribution < 1.29 is 9.84 Å². The van der Waals surface area contributed by atoms with Gasteiger partial charge in [-0.1, -0.05) is 0 Å². The minimum Gasteiger partial charge on any atom is -0.491 e. The average Bonchev–Trinajstić information content (AvgIpc) is 2.54. The number of hydrogen-bond donors (Lipinski definition) is 2. The Morgan fingerprint density at radius 3 is 3.14 bits per heavy atom. The summed E-state index contributed by atoms with van der Waals surface area (Å²) < 4.78 is 7.07. The fraction of sp³-hybridized carbons (Fsp3) is 0.222. The minimum absolute atomic E-state index is 0.0263. The number of thiazole rings is 1. The van der Waals surface area contributed by atoms with Gasteiger partial charge in [-0.15, -0.1) is 24.0 Å². The monoisotopic (exact) mass is 227 g/mol. The van der Waals surface area contributed by atoms with Gasteiger partial charge in [0.05, 0.1) is 16.8 Å². The summed E-state index contributed by atoms with van der Waals surface area (Å²) in [5.41, 5.74) is 0.927. The summed E-state index contributed by atoms with van der Waals surface area (Å²) in [6.45, 7) is 0.344. The second kappa shape index (κ2) is 4.16. The molecule has 0 bridgehead atoms. The van der Waals surface area contributed by atoms with Crippen LogP contribution in [0.25, 0.3) is 10.2 Å². The Morgan fingerprint density at radius 2 is 2.36 bits per heavy atom. The van der Waals surface area contributed by atoms with E-state index in [4.69, 9.17) is 9.84 Å². The largest absolute Gasteiger partial charge is 0.491 e. The minimum atomic E-state index is 0.0263. The standard InChI is InChI=1S/C9H9NO2S2/c11-3-4-12-6-1-2-7-8(5-6)14-9(13)10-7/h1-2,5,11H,3-4H2,(H,10,13). The highest BCUT2D eigenvalue weighted by atomic mass is 32.2. The van der Waals surface area contributed by atoms with Gasteiger partial charge in [0.1, 0.15) is 16.7 Å². The number of aromatic nitrogens is 1. The first-order chi connectivity index (χ1) is 6.79. The summed E-state index contributed by atoms with van der Waals surface area (Å²) in [7, 11) is 0. The van der Waals surface area contributed by atoms with Gasteiger partial charge in [0.2, 0.25) is 0 Å². The molecule has 1 heterocycles. The Morgan fingerprint density at radius 1 is 1.50 bits per heavy atom. The number of ether oxygens (including phenoxy) is 1. The molecular formula is C9H9NO2S2. The first-order valence-corrected chi connectivity index (χ1v) is 5.39. The van der Waals surface area contributed by atoms with Crippen molar-refractivity contribution in [2.24, 2.45) is 0 Å². The Labute approximate surface area is 90.8 Å². The molecule has 0 amide bonds. The molecule has 0 unspecified atom stereocenters. The van der Waals surface area contributed by atoms with E-state index in [0.717, 1.165) is 20.3 Å². The van der Waals surface area contributed by atoms with E-state index >= 15 is 0 Å². The van der Waals surface area contributed by atoms with E-state index in [9.17, 15) is 0 Å². The van der Waals surface area contributed by atoms with Crippen LogP contribution in [0.1, 0.15) is 0 Å². The summed E-state index contributed by atoms with van der Waals surface area (Å²) in [6.07, 6.45) is 0. The lowest BCUT2D eigenvalue weighted by molar-refractivity contribution is 0.201. The van der Waals surface area contributed by atoms with Crippen LogP contribution in [0.2, 0.25) is 0 Å². The molecular weight excluding hydrogens is 218 g/mol. The van der Waals surface area contributed by atoms with Crippen LogP contribution in [0.4, 0.5) is 0 Å². The van der Waals surface area contributed by atoms with Crippen LogP contribution in [0.15, 0.2) is 22.5 Å². The maximum atomic E-state index is 8.60. The highest BCUT2D eigenvalue weighted by molar-refractivity contribution is 7.82. The number of aliphatic hydroxyl groups is 1. The van der Waals surface area contributed by atoms with E-state index in [1.165, 1.54) is 11.3 Å². The zero-order valence-electron chi connectivity index (χ0n) is 7.30. The zero-order valence-corrected chi connectivity index (χ0v) is 9.02. The van der Waals surface area contributed by atoms with Crippen molar-refractivity contribution in [3.8, 4) is 5.75 Å². The number of aliphatic hydroxyl groups excluding tert-OH is 1. The average molecular weight is 227 g/mol. The second-order valence-corrected chi connectivity index (χ2v) is 4.45. The molecule has 5 heteroatoms. The molecule has 0 aliphatic carbocycles. The van der Waals surface area contributed by atoms with Crippen molar-refractivity contribution in [1.29, 1.82) is 0 Å². The first-order valence-electron chi connectivity index (χ1n) is 4.13. The third-order valence-electron chi connectivity index (χ3n) is 1.71. The van der Waals surface area contributed by atoms with Gasteiger partial charge in [-0.25, -0.2) is 4.98 Å². The van der Waals surface area contributed by atoms with Crippen LogP contribution in [0.5, 0.6) is 5.75 Å². The fourth-order valence-electron chi connectivity index (χ4n) is 1.15. The van der Waals surface area contributed by atoms with Crippen LogP contribution in [-0.4, -0.2) is 23.3 Å². The third-order valence-corrected chi connectivity index (χ3v) is 2.90. The number of thiol groups is 1. The molecule has 1 aromatic carbocycles. The molecule has 0 aliphatic heterocycles. The molecule has 0 fully saturated rings. The normalized spacial score (nSPS) is 10.7. The van der Waals surface area contributed by atoms with E-state index in [0.29, 0.717) is 6.61 Å². The SMILES string of the molecule is OCCOc1ccc2nc(S)sc2c1. The number of hydrogen-bond acceptors (Lipinski definition) is 5. The van der Waals surface area contributed by atoms with E-state index < -0.39 is 0 Å². The highest BCUT2D eigenvalue weighted by Crippen LogP contribution is 2.27. The molecule has 1 N–H and O–H groups in total. The molecule has 0 radical (unpaired) electrons. The van der Waals surface area contributed by atoms with Gasteiger partial charge in [-0.05, 0) is 18.2 Å². The number of nitrogens with zero attached hydrogens (tertiary/aromatic N) is 1. The summed E-state index contributed by atoms with van der Waals surface area (Å²) in [6, 6.07) is 5.63. The van der Waals surface area contributed by atoms with Gasteiger partial charge in [0, 0.05) is 0 Å². The van der Waals surface area contributed by atoms with Gasteiger partial charge in [-0.3, -0.25) is 0 Å². The van der Waals surface area contributed by atoms with Crippen LogP contribution < -0.4 is 4.74 Å². The predicted octanol–water partition coefficient (Wildman–Crippen LogP) is 1.96. The summed E-state index contributed by atoms with van der Waals surface area (Å²) >= 11 is 5.68. The van der Waals surface area contributed by atoms with Gasteiger partial charge in [-0.2, -0.15) is 0 Å². The Bertz CT molecular complexity index is 441. The highest BCUT2D eigenvalue weighted by Gasteiger charge is 2.02. The molecule has 74 valence electrons. The molecule has 2 rings (SSSR count). The molecule has 0 atom stereocenters. The first kappa shape index (κ1) is 9.76. The van der Waals surface area contributed by atoms with E-state index in [1.807, 2.05) is 18.2 Å². The van der Waals surface area contributed by atoms with Crippen molar-refractivity contribution in [2.75, 3.05) is 13.2 Å². The lowest BCUT2D eigenvalue weighted by Crippen LogP contribution is -2.00. The Balaban J connectivity index is 2.31. The summed E-state index contributed by atoms with van der Waals surface area (Å²) in [4.78, 5) is 4.21. The number of benzene rings is 1. The van der Waals surface area contributed by atoms with E-state index in [-0.39, 0.29) is 6.61 Å². The lowest BCUT2D eigenvalue weighted by atomic mass is 10.3. The molecule has 0 saturated carbocycles. The van der Waals surface area contributed by atoms with E-state index in [1.54, 1.807) is 0 Å². The Hall–Kier alpha value is -0.780. The van der Waals surface area contributed by atoms with Crippen LogP contribution in [0.3, 0.4) is 0 Å². The van der Waals surface area contributed by atoms with Crippen LogP contribution in [0, 0.1) is 0 Å². The molecule has 0 spiro atoms. The van der Waals surface area contributed by atoms with Crippen molar-refractivity contribution >= 4 is 34.2 Å². The lowest BCUT2D eigenvalue weighted by Gasteiger charge is -2.02. The topological polar surface area (TPSA) is 42.4 Å². The van der Waals surface area contributed by atoms with Crippen molar-refractivity contribution in [3.05, 3.63) is 18.2 Å². The molecule has 0 aliphatic rings. The predicted molar refractivity (Wildman–Crippen MR) is 59.5 cm³/mol. The van der Waals surface area contributed by atoms with Crippen molar-refractivity contribution in [3.63, 3.8) is 0 Å². The molecule has 3 nitrogen and oxygen atoms in total. The molecule has 2 aromatic rings. The van der Waals surface area contributed by atoms with Crippen molar-refractivity contribution in [1.82, 2.24) is 4.98 Å². The van der Waals surface area contributed by atoms with Gasteiger partial charge >= 0.3 is 0 Å². The van der Waals surface area contributed by atoms with E-state index in [2.05, 4.69) is 17.6 Å². The molecule has 1 aromatic heterocycles. The number of rotatable bonds is 3. The quantitative estimate of drug-likeness (QED) is 0.788. The summed E-state index contributed by atoms with van der Waals surface area (Å²) in [5, 5.41) is 8.60. The molecule has 14 heavy (non-hydrogen) atoms. The molecule has 0 saturated heterocycles. The van der Waals surface area contributed by atoms with Gasteiger partial charge in [0.15, 0.2) is 0 Å². The van der Waals surface area contributed by atoms with Crippen LogP contribution >= 0.6 is 24.0 Å². The zero-order chi connectivity index (χ0) is 9.97. The fourth-order valence-corrected chi connectivity index (χ4v) is 2.28. The second-order valence-electron chi connectivity index (χ2n) is 2.70.